The van der Waals surface area contributed by atoms with E-state index in [1.165, 1.54) is 22.3 Å². The van der Waals surface area contributed by atoms with Crippen LogP contribution >= 0.6 is 27.5 Å². The van der Waals surface area contributed by atoms with Gasteiger partial charge in [-0.1, -0.05) is 52.7 Å². The van der Waals surface area contributed by atoms with E-state index in [9.17, 15) is 0 Å². The highest BCUT2D eigenvalue weighted by Crippen LogP contribution is 2.29. The molecule has 1 unspecified atom stereocenters. The zero-order valence-corrected chi connectivity index (χ0v) is 15.1. The van der Waals surface area contributed by atoms with Gasteiger partial charge >= 0.3 is 0 Å². The van der Waals surface area contributed by atoms with Gasteiger partial charge in [-0.25, -0.2) is 0 Å². The molecule has 112 valence electrons. The van der Waals surface area contributed by atoms with Crippen LogP contribution in [-0.4, -0.2) is 6.54 Å². The molecule has 3 heteroatoms. The zero-order valence-electron chi connectivity index (χ0n) is 12.7. The normalized spacial score (nSPS) is 12.4. The van der Waals surface area contributed by atoms with Crippen LogP contribution in [-0.2, 0) is 0 Å². The van der Waals surface area contributed by atoms with E-state index in [1.54, 1.807) is 0 Å². The molecule has 0 saturated carbocycles. The molecule has 21 heavy (non-hydrogen) atoms. The Morgan fingerprint density at radius 2 is 1.81 bits per heavy atom. The van der Waals surface area contributed by atoms with Gasteiger partial charge in [-0.15, -0.1) is 0 Å². The molecule has 0 aromatic heterocycles. The molecule has 1 N–H and O–H groups in total. The van der Waals surface area contributed by atoms with E-state index in [4.69, 9.17) is 11.6 Å². The van der Waals surface area contributed by atoms with Crippen molar-refractivity contribution in [1.29, 1.82) is 0 Å². The standard InChI is InChI=1S/C18H21BrClN/c1-4-7-21-18(14-6-5-12(2)13(3)8-14)15-9-16(19)11-17(20)10-15/h5-6,8-11,18,21H,4,7H2,1-3H3. The Bertz CT molecular complexity index is 604. The summed E-state index contributed by atoms with van der Waals surface area (Å²) in [6, 6.07) is 12.9. The maximum atomic E-state index is 6.21. The SMILES string of the molecule is CCCNC(c1cc(Cl)cc(Br)c1)c1ccc(C)c(C)c1. The van der Waals surface area contributed by atoms with Crippen LogP contribution in [0.3, 0.4) is 0 Å². The highest BCUT2D eigenvalue weighted by molar-refractivity contribution is 9.10. The van der Waals surface area contributed by atoms with E-state index in [-0.39, 0.29) is 6.04 Å². The molecule has 0 fully saturated rings. The molecule has 0 spiro atoms. The van der Waals surface area contributed by atoms with Crippen LogP contribution in [0.1, 0.15) is 41.6 Å². The second kappa shape index (κ2) is 7.44. The molecule has 0 aliphatic heterocycles. The van der Waals surface area contributed by atoms with Gasteiger partial charge in [0.25, 0.3) is 0 Å². The monoisotopic (exact) mass is 365 g/mol. The van der Waals surface area contributed by atoms with Crippen molar-refractivity contribution in [3.8, 4) is 0 Å². The Hall–Kier alpha value is -0.830. The molecule has 2 rings (SSSR count). The highest BCUT2D eigenvalue weighted by atomic mass is 79.9. The average Bonchev–Trinajstić information content (AvgIpc) is 2.42. The molecule has 0 bridgehead atoms. The predicted octanol–water partition coefficient (Wildman–Crippen LogP) is 5.81. The van der Waals surface area contributed by atoms with E-state index >= 15 is 0 Å². The molecule has 0 aliphatic carbocycles. The smallest absolute Gasteiger partial charge is 0.0577 e. The maximum absolute atomic E-state index is 6.21. The quantitative estimate of drug-likeness (QED) is 0.704. The molecule has 1 atom stereocenters. The van der Waals surface area contributed by atoms with E-state index in [1.807, 2.05) is 12.1 Å². The molecule has 0 radical (unpaired) electrons. The fourth-order valence-electron chi connectivity index (χ4n) is 2.40. The van der Waals surface area contributed by atoms with Gasteiger partial charge in [-0.3, -0.25) is 0 Å². The number of hydrogen-bond donors (Lipinski definition) is 1. The number of hydrogen-bond acceptors (Lipinski definition) is 1. The maximum Gasteiger partial charge on any atom is 0.0577 e. The van der Waals surface area contributed by atoms with Crippen molar-refractivity contribution in [2.24, 2.45) is 0 Å². The van der Waals surface area contributed by atoms with E-state index < -0.39 is 0 Å². The number of benzene rings is 2. The molecule has 0 heterocycles. The Kier molecular flexibility index (Phi) is 5.86. The summed E-state index contributed by atoms with van der Waals surface area (Å²) in [5.74, 6) is 0. The largest absolute Gasteiger partial charge is 0.306 e. The summed E-state index contributed by atoms with van der Waals surface area (Å²) in [6.45, 7) is 7.45. The fraction of sp³-hybridized carbons (Fsp3) is 0.333. The van der Waals surface area contributed by atoms with Crippen molar-refractivity contribution < 1.29 is 0 Å². The summed E-state index contributed by atoms with van der Waals surface area (Å²) in [5, 5.41) is 4.38. The van der Waals surface area contributed by atoms with Crippen LogP contribution in [0, 0.1) is 13.8 Å². The van der Waals surface area contributed by atoms with Gasteiger partial charge in [0, 0.05) is 9.50 Å². The van der Waals surface area contributed by atoms with Crippen molar-refractivity contribution in [3.05, 3.63) is 68.1 Å². The Labute approximate surface area is 140 Å². The lowest BCUT2D eigenvalue weighted by atomic mass is 9.95. The predicted molar refractivity (Wildman–Crippen MR) is 95.2 cm³/mol. The Morgan fingerprint density at radius 1 is 1.05 bits per heavy atom. The molecule has 0 aliphatic rings. The number of rotatable bonds is 5. The first kappa shape index (κ1) is 16.5. The number of nitrogens with one attached hydrogen (secondary N) is 1. The zero-order chi connectivity index (χ0) is 15.4. The van der Waals surface area contributed by atoms with Crippen LogP contribution in [0.2, 0.25) is 5.02 Å². The lowest BCUT2D eigenvalue weighted by Gasteiger charge is -2.21. The molecule has 0 amide bonds. The van der Waals surface area contributed by atoms with Crippen LogP contribution in [0.15, 0.2) is 40.9 Å². The van der Waals surface area contributed by atoms with Crippen molar-refractivity contribution >= 4 is 27.5 Å². The molecule has 0 saturated heterocycles. The summed E-state index contributed by atoms with van der Waals surface area (Å²) in [4.78, 5) is 0. The van der Waals surface area contributed by atoms with Gasteiger partial charge in [-0.05, 0) is 67.3 Å². The fourth-order valence-corrected chi connectivity index (χ4v) is 3.29. The third kappa shape index (κ3) is 4.32. The third-order valence-electron chi connectivity index (χ3n) is 3.68. The Balaban J connectivity index is 2.43. The number of aryl methyl sites for hydroxylation is 2. The van der Waals surface area contributed by atoms with Gasteiger partial charge in [0.15, 0.2) is 0 Å². The lowest BCUT2D eigenvalue weighted by Crippen LogP contribution is -2.23. The summed E-state index contributed by atoms with van der Waals surface area (Å²) >= 11 is 9.75. The second-order valence-corrected chi connectivity index (χ2v) is 6.79. The van der Waals surface area contributed by atoms with Gasteiger partial charge in [0.2, 0.25) is 0 Å². The second-order valence-electron chi connectivity index (χ2n) is 5.43. The molecule has 2 aromatic rings. The van der Waals surface area contributed by atoms with Crippen LogP contribution in [0.4, 0.5) is 0 Å². The van der Waals surface area contributed by atoms with Crippen molar-refractivity contribution in [2.45, 2.75) is 33.2 Å². The summed E-state index contributed by atoms with van der Waals surface area (Å²) in [6.07, 6.45) is 1.10. The average molecular weight is 367 g/mol. The third-order valence-corrected chi connectivity index (χ3v) is 4.36. The molecule has 1 nitrogen and oxygen atoms in total. The van der Waals surface area contributed by atoms with Crippen molar-refractivity contribution in [2.75, 3.05) is 6.54 Å². The Morgan fingerprint density at radius 3 is 2.43 bits per heavy atom. The van der Waals surface area contributed by atoms with Crippen molar-refractivity contribution in [1.82, 2.24) is 5.32 Å². The van der Waals surface area contributed by atoms with Gasteiger partial charge in [-0.2, -0.15) is 0 Å². The molecular weight excluding hydrogens is 346 g/mol. The van der Waals surface area contributed by atoms with Crippen LogP contribution in [0.5, 0.6) is 0 Å². The minimum atomic E-state index is 0.166. The summed E-state index contributed by atoms with van der Waals surface area (Å²) < 4.78 is 1.01. The van der Waals surface area contributed by atoms with E-state index in [2.05, 4.69) is 66.3 Å². The van der Waals surface area contributed by atoms with Crippen LogP contribution < -0.4 is 5.32 Å². The first-order chi connectivity index (χ1) is 10.0. The van der Waals surface area contributed by atoms with E-state index in [0.29, 0.717) is 0 Å². The summed E-state index contributed by atoms with van der Waals surface area (Å²) in [5.41, 5.74) is 5.10. The lowest BCUT2D eigenvalue weighted by molar-refractivity contribution is 0.598. The molecule has 2 aromatic carbocycles. The minimum Gasteiger partial charge on any atom is -0.306 e. The summed E-state index contributed by atoms with van der Waals surface area (Å²) in [7, 11) is 0. The first-order valence-corrected chi connectivity index (χ1v) is 8.45. The van der Waals surface area contributed by atoms with Crippen molar-refractivity contribution in [3.63, 3.8) is 0 Å². The topological polar surface area (TPSA) is 12.0 Å². The highest BCUT2D eigenvalue weighted by Gasteiger charge is 2.15. The molecular formula is C18H21BrClN. The minimum absolute atomic E-state index is 0.166. The number of halogens is 2. The van der Waals surface area contributed by atoms with Gasteiger partial charge < -0.3 is 5.32 Å². The van der Waals surface area contributed by atoms with Gasteiger partial charge in [0.05, 0.1) is 6.04 Å². The van der Waals surface area contributed by atoms with Crippen LogP contribution in [0.25, 0.3) is 0 Å². The van der Waals surface area contributed by atoms with Gasteiger partial charge in [0.1, 0.15) is 0 Å². The first-order valence-electron chi connectivity index (χ1n) is 7.27. The van der Waals surface area contributed by atoms with E-state index in [0.717, 1.165) is 22.5 Å².